The molecule has 0 aromatic carbocycles. The van der Waals surface area contributed by atoms with Crippen LogP contribution in [0.1, 0.15) is 22.5 Å². The van der Waals surface area contributed by atoms with Gasteiger partial charge in [-0.25, -0.2) is 13.8 Å². The number of nitrogens with zero attached hydrogens (tertiary/aromatic N) is 3. The molecule has 5 nitrogen and oxygen atoms in total. The lowest BCUT2D eigenvalue weighted by molar-refractivity contribution is 0.100. The van der Waals surface area contributed by atoms with Gasteiger partial charge >= 0.3 is 0 Å². The lowest BCUT2D eigenvalue weighted by atomic mass is 10.2. The highest BCUT2D eigenvalue weighted by atomic mass is 79.9. The van der Waals surface area contributed by atoms with Crippen molar-refractivity contribution in [1.82, 2.24) is 14.6 Å². The Morgan fingerprint density at radius 2 is 2.22 bits per heavy atom. The lowest BCUT2D eigenvalue weighted by Gasteiger charge is -2.07. The van der Waals surface area contributed by atoms with Crippen LogP contribution < -0.4 is 5.32 Å². The van der Waals surface area contributed by atoms with Crippen molar-refractivity contribution in [3.63, 3.8) is 0 Å². The molecule has 0 bridgehead atoms. The Labute approximate surface area is 113 Å². The molecule has 1 N–H and O–H groups in total. The zero-order valence-electron chi connectivity index (χ0n) is 8.60. The summed E-state index contributed by atoms with van der Waals surface area (Å²) in [5.74, 6) is -0.719. The normalized spacial score (nSPS) is 10.7. The highest BCUT2D eigenvalue weighted by Gasteiger charge is 2.20. The molecule has 0 aliphatic heterocycles. The van der Waals surface area contributed by atoms with E-state index in [1.807, 2.05) is 0 Å². The third-order valence-electron chi connectivity index (χ3n) is 1.93. The zero-order chi connectivity index (χ0) is 13.1. The molecule has 0 atom stereocenters. The molecule has 2 heterocycles. The second kappa shape index (κ2) is 5.44. The minimum atomic E-state index is -2.78. The first-order valence-electron chi connectivity index (χ1n) is 4.60. The maximum atomic E-state index is 12.8. The van der Waals surface area contributed by atoms with Crippen molar-refractivity contribution >= 4 is 38.4 Å². The van der Waals surface area contributed by atoms with Gasteiger partial charge in [-0.15, -0.1) is 5.10 Å². The number of rotatable bonds is 3. The molecule has 0 saturated heterocycles. The van der Waals surface area contributed by atoms with Gasteiger partial charge in [0.15, 0.2) is 0 Å². The Hall–Kier alpha value is -1.48. The van der Waals surface area contributed by atoms with Gasteiger partial charge in [0, 0.05) is 22.2 Å². The first-order valence-corrected chi connectivity index (χ1v) is 6.17. The fraction of sp³-hybridized carbons (Fsp3) is 0.111. The fourth-order valence-electron chi connectivity index (χ4n) is 1.20. The molecule has 0 spiro atoms. The number of hydrogen-bond acceptors (Lipinski definition) is 5. The topological polar surface area (TPSA) is 67.8 Å². The average molecular weight is 335 g/mol. The van der Waals surface area contributed by atoms with E-state index in [0.29, 0.717) is 9.47 Å². The molecule has 0 fully saturated rings. The highest BCUT2D eigenvalue weighted by Crippen LogP contribution is 2.25. The fourth-order valence-corrected chi connectivity index (χ4v) is 1.97. The number of pyridine rings is 1. The van der Waals surface area contributed by atoms with Gasteiger partial charge < -0.3 is 5.32 Å². The largest absolute Gasteiger partial charge is 0.310 e. The summed E-state index contributed by atoms with van der Waals surface area (Å²) in [4.78, 5) is 15.5. The molecule has 0 radical (unpaired) electrons. The minimum Gasteiger partial charge on any atom is -0.310 e. The molecule has 0 aliphatic rings. The van der Waals surface area contributed by atoms with Gasteiger partial charge in [-0.3, -0.25) is 4.79 Å². The first kappa shape index (κ1) is 13.0. The van der Waals surface area contributed by atoms with Gasteiger partial charge in [-0.05, 0) is 22.0 Å². The second-order valence-electron chi connectivity index (χ2n) is 3.13. The third kappa shape index (κ3) is 2.85. The minimum absolute atomic E-state index is 0.318. The quantitative estimate of drug-likeness (QED) is 0.937. The monoisotopic (exact) mass is 334 g/mol. The van der Waals surface area contributed by atoms with E-state index >= 15 is 0 Å². The van der Waals surface area contributed by atoms with E-state index in [4.69, 9.17) is 0 Å². The van der Waals surface area contributed by atoms with Crippen LogP contribution in [0.3, 0.4) is 0 Å². The molecular weight excluding hydrogens is 330 g/mol. The van der Waals surface area contributed by atoms with Crippen molar-refractivity contribution in [2.45, 2.75) is 6.43 Å². The Morgan fingerprint density at radius 1 is 1.44 bits per heavy atom. The summed E-state index contributed by atoms with van der Waals surface area (Å²) >= 11 is 3.97. The molecule has 18 heavy (non-hydrogen) atoms. The molecule has 0 unspecified atom stereocenters. The summed E-state index contributed by atoms with van der Waals surface area (Å²) < 4.78 is 29.5. The summed E-state index contributed by atoms with van der Waals surface area (Å²) in [6.07, 6.45) is -0.176. The van der Waals surface area contributed by atoms with Crippen molar-refractivity contribution in [2.75, 3.05) is 5.32 Å². The Balaban J connectivity index is 2.30. The van der Waals surface area contributed by atoms with Gasteiger partial charge in [0.2, 0.25) is 0 Å². The van der Waals surface area contributed by atoms with Crippen LogP contribution in [0.25, 0.3) is 0 Å². The smallest absolute Gasteiger partial charge is 0.275 e. The Kier molecular flexibility index (Phi) is 3.92. The van der Waals surface area contributed by atoms with Crippen LogP contribution in [0, 0.1) is 0 Å². The lowest BCUT2D eigenvalue weighted by Crippen LogP contribution is -2.15. The van der Waals surface area contributed by atoms with Crippen LogP contribution in [0.4, 0.5) is 13.8 Å². The molecule has 2 aromatic heterocycles. The van der Waals surface area contributed by atoms with Gasteiger partial charge in [-0.2, -0.15) is 0 Å². The van der Waals surface area contributed by atoms with Crippen LogP contribution in [0.15, 0.2) is 22.9 Å². The maximum absolute atomic E-state index is 12.8. The summed E-state index contributed by atoms with van der Waals surface area (Å²) in [5.41, 5.74) is -0.749. The summed E-state index contributed by atoms with van der Waals surface area (Å²) in [6, 6.07) is 1.16. The Morgan fingerprint density at radius 3 is 2.83 bits per heavy atom. The number of anilines is 1. The molecule has 2 aromatic rings. The number of carbonyl (C=O) groups is 1. The highest BCUT2D eigenvalue weighted by molar-refractivity contribution is 9.10. The third-order valence-corrected chi connectivity index (χ3v) is 2.95. The first-order chi connectivity index (χ1) is 8.58. The van der Waals surface area contributed by atoms with Crippen LogP contribution in [0.2, 0.25) is 0 Å². The van der Waals surface area contributed by atoms with Crippen molar-refractivity contribution in [3.8, 4) is 0 Å². The number of nitrogens with one attached hydrogen (secondary N) is 1. The van der Waals surface area contributed by atoms with E-state index in [2.05, 4.69) is 35.8 Å². The van der Waals surface area contributed by atoms with Crippen LogP contribution >= 0.6 is 27.5 Å². The van der Waals surface area contributed by atoms with Crippen molar-refractivity contribution in [1.29, 1.82) is 0 Å². The predicted octanol–water partition coefficient (Wildman–Crippen LogP) is 2.89. The Bertz CT molecular complexity index is 564. The SMILES string of the molecule is O=C(Nc1cnns1)c1ncc(Br)cc1C(F)F. The summed E-state index contributed by atoms with van der Waals surface area (Å²) in [5, 5.41) is 6.28. The van der Waals surface area contributed by atoms with E-state index in [1.165, 1.54) is 12.4 Å². The van der Waals surface area contributed by atoms with E-state index in [-0.39, 0.29) is 5.69 Å². The number of halogens is 3. The van der Waals surface area contributed by atoms with Crippen molar-refractivity contribution in [2.24, 2.45) is 0 Å². The number of hydrogen-bond donors (Lipinski definition) is 1. The number of carbonyl (C=O) groups excluding carboxylic acids is 1. The second-order valence-corrected chi connectivity index (χ2v) is 4.83. The number of alkyl halides is 2. The standard InChI is InChI=1S/C9H5BrF2N4OS/c10-4-1-5(8(11)12)7(13-2-4)9(17)15-6-3-14-16-18-6/h1-3,8H,(H,15,17). The van der Waals surface area contributed by atoms with Crippen LogP contribution in [-0.2, 0) is 0 Å². The molecular formula is C9H5BrF2N4OS. The van der Waals surface area contributed by atoms with Crippen molar-refractivity contribution < 1.29 is 13.6 Å². The van der Waals surface area contributed by atoms with E-state index in [1.54, 1.807) is 0 Å². The predicted molar refractivity (Wildman–Crippen MR) is 64.8 cm³/mol. The number of amides is 1. The van der Waals surface area contributed by atoms with E-state index in [0.717, 1.165) is 17.6 Å². The van der Waals surface area contributed by atoms with Gasteiger partial charge in [0.25, 0.3) is 12.3 Å². The van der Waals surface area contributed by atoms with Crippen LogP contribution in [0.5, 0.6) is 0 Å². The van der Waals surface area contributed by atoms with Gasteiger partial charge in [0.1, 0.15) is 10.7 Å². The zero-order valence-corrected chi connectivity index (χ0v) is 11.0. The molecule has 2 rings (SSSR count). The molecule has 9 heteroatoms. The van der Waals surface area contributed by atoms with Gasteiger partial charge in [-0.1, -0.05) is 4.49 Å². The van der Waals surface area contributed by atoms with Crippen molar-refractivity contribution in [3.05, 3.63) is 34.2 Å². The average Bonchev–Trinajstić information content (AvgIpc) is 2.81. The van der Waals surface area contributed by atoms with Gasteiger partial charge in [0.05, 0.1) is 11.8 Å². The maximum Gasteiger partial charge on any atom is 0.275 e. The molecule has 1 amide bonds. The summed E-state index contributed by atoms with van der Waals surface area (Å²) in [7, 11) is 0. The van der Waals surface area contributed by atoms with E-state index < -0.39 is 17.9 Å². The molecule has 0 aliphatic carbocycles. The molecule has 0 saturated carbocycles. The van der Waals surface area contributed by atoms with Crippen LogP contribution in [-0.4, -0.2) is 20.5 Å². The van der Waals surface area contributed by atoms with E-state index in [9.17, 15) is 13.6 Å². The summed E-state index contributed by atoms with van der Waals surface area (Å²) in [6.45, 7) is 0. The molecule has 94 valence electrons. The number of aromatic nitrogens is 3.